The van der Waals surface area contributed by atoms with Gasteiger partial charge in [0.15, 0.2) is 5.03 Å². The van der Waals surface area contributed by atoms with Crippen molar-refractivity contribution in [1.82, 2.24) is 14.5 Å². The monoisotopic (exact) mass is 335 g/mol. The molecule has 6 nitrogen and oxygen atoms in total. The highest BCUT2D eigenvalue weighted by Crippen LogP contribution is 2.26. The summed E-state index contributed by atoms with van der Waals surface area (Å²) in [4.78, 5) is 0. The van der Waals surface area contributed by atoms with Crippen LogP contribution in [0.2, 0.25) is 0 Å². The zero-order valence-electron chi connectivity index (χ0n) is 13.1. The van der Waals surface area contributed by atoms with E-state index in [1.54, 1.807) is 0 Å². The van der Waals surface area contributed by atoms with Crippen molar-refractivity contribution in [2.24, 2.45) is 5.92 Å². The molecule has 2 aromatic rings. The maximum absolute atomic E-state index is 12.5. The summed E-state index contributed by atoms with van der Waals surface area (Å²) in [5, 5.41) is 4.29. The fourth-order valence-corrected chi connectivity index (χ4v) is 4.01. The van der Waals surface area contributed by atoms with Gasteiger partial charge in [-0.2, -0.15) is 5.10 Å². The van der Waals surface area contributed by atoms with Crippen LogP contribution in [0.25, 0.3) is 0 Å². The Balaban J connectivity index is 1.65. The SMILES string of the molecule is CCCn1nccc1S(=O)(=O)NCC1COc2ccccc2C1. The molecule has 3 rings (SSSR count). The Hall–Kier alpha value is -1.86. The molecule has 1 unspecified atom stereocenters. The van der Waals surface area contributed by atoms with Crippen molar-refractivity contribution in [2.45, 2.75) is 31.3 Å². The summed E-state index contributed by atoms with van der Waals surface area (Å²) >= 11 is 0. The molecule has 0 radical (unpaired) electrons. The first-order valence-corrected chi connectivity index (χ1v) is 9.30. The number of hydrogen-bond acceptors (Lipinski definition) is 4. The second-order valence-electron chi connectivity index (χ2n) is 5.73. The molecule has 2 heterocycles. The third kappa shape index (κ3) is 3.56. The van der Waals surface area contributed by atoms with Crippen molar-refractivity contribution in [3.8, 4) is 5.75 Å². The van der Waals surface area contributed by atoms with Crippen LogP contribution in [0.5, 0.6) is 5.75 Å². The summed E-state index contributed by atoms with van der Waals surface area (Å²) in [5.74, 6) is 1.02. The van der Waals surface area contributed by atoms with Gasteiger partial charge in [-0.1, -0.05) is 25.1 Å². The van der Waals surface area contributed by atoms with Crippen molar-refractivity contribution in [1.29, 1.82) is 0 Å². The third-order valence-corrected chi connectivity index (χ3v) is 5.35. The molecule has 0 saturated carbocycles. The molecule has 1 N–H and O–H groups in total. The van der Waals surface area contributed by atoms with E-state index in [0.29, 0.717) is 19.7 Å². The molecule has 124 valence electrons. The number of hydrogen-bond donors (Lipinski definition) is 1. The van der Waals surface area contributed by atoms with E-state index in [0.717, 1.165) is 24.2 Å². The van der Waals surface area contributed by atoms with E-state index >= 15 is 0 Å². The van der Waals surface area contributed by atoms with E-state index in [9.17, 15) is 8.42 Å². The summed E-state index contributed by atoms with van der Waals surface area (Å²) in [7, 11) is -3.55. The lowest BCUT2D eigenvalue weighted by Crippen LogP contribution is -2.35. The lowest BCUT2D eigenvalue weighted by Gasteiger charge is -2.25. The van der Waals surface area contributed by atoms with Gasteiger partial charge in [-0.15, -0.1) is 0 Å². The lowest BCUT2D eigenvalue weighted by molar-refractivity contribution is 0.223. The zero-order chi connectivity index (χ0) is 16.3. The highest BCUT2D eigenvalue weighted by Gasteiger charge is 2.24. The van der Waals surface area contributed by atoms with Crippen LogP contribution in [-0.2, 0) is 23.0 Å². The molecule has 7 heteroatoms. The first-order valence-electron chi connectivity index (χ1n) is 7.82. The first kappa shape index (κ1) is 16.0. The van der Waals surface area contributed by atoms with Gasteiger partial charge in [-0.05, 0) is 30.5 Å². The van der Waals surface area contributed by atoms with Gasteiger partial charge in [-0.25, -0.2) is 13.1 Å². The van der Waals surface area contributed by atoms with Crippen LogP contribution < -0.4 is 9.46 Å². The van der Waals surface area contributed by atoms with Gasteiger partial charge in [0.05, 0.1) is 12.8 Å². The van der Waals surface area contributed by atoms with Gasteiger partial charge < -0.3 is 4.74 Å². The molecule has 0 amide bonds. The Morgan fingerprint density at radius 2 is 2.17 bits per heavy atom. The molecule has 0 spiro atoms. The largest absolute Gasteiger partial charge is 0.493 e. The fraction of sp³-hybridized carbons (Fsp3) is 0.438. The number of rotatable bonds is 6. The van der Waals surface area contributed by atoms with Gasteiger partial charge in [0.2, 0.25) is 0 Å². The highest BCUT2D eigenvalue weighted by molar-refractivity contribution is 7.89. The Bertz CT molecular complexity index is 770. The van der Waals surface area contributed by atoms with Gasteiger partial charge in [0, 0.05) is 19.0 Å². The molecule has 1 aliphatic heterocycles. The molecular weight excluding hydrogens is 314 g/mol. The quantitative estimate of drug-likeness (QED) is 0.874. The van der Waals surface area contributed by atoms with E-state index in [-0.39, 0.29) is 10.9 Å². The number of nitrogens with one attached hydrogen (secondary N) is 1. The maximum atomic E-state index is 12.5. The van der Waals surface area contributed by atoms with Gasteiger partial charge in [0.1, 0.15) is 5.75 Å². The van der Waals surface area contributed by atoms with Crippen LogP contribution in [-0.4, -0.2) is 31.3 Å². The van der Waals surface area contributed by atoms with E-state index in [4.69, 9.17) is 4.74 Å². The van der Waals surface area contributed by atoms with E-state index in [1.807, 2.05) is 31.2 Å². The molecule has 0 saturated heterocycles. The lowest BCUT2D eigenvalue weighted by atomic mass is 9.97. The van der Waals surface area contributed by atoms with Crippen LogP contribution >= 0.6 is 0 Å². The third-order valence-electron chi connectivity index (χ3n) is 3.91. The molecule has 0 aliphatic carbocycles. The summed E-state index contributed by atoms with van der Waals surface area (Å²) in [6.45, 7) is 3.45. The normalized spacial score (nSPS) is 17.5. The Kier molecular flexibility index (Phi) is 4.68. The average Bonchev–Trinajstić information content (AvgIpc) is 3.02. The van der Waals surface area contributed by atoms with E-state index in [1.165, 1.54) is 16.9 Å². The molecule has 1 atom stereocenters. The van der Waals surface area contributed by atoms with Crippen molar-refractivity contribution >= 4 is 10.0 Å². The topological polar surface area (TPSA) is 73.2 Å². The zero-order valence-corrected chi connectivity index (χ0v) is 13.9. The Labute approximate surface area is 136 Å². The minimum absolute atomic E-state index is 0.127. The average molecular weight is 335 g/mol. The fourth-order valence-electron chi connectivity index (χ4n) is 2.75. The van der Waals surface area contributed by atoms with Crippen molar-refractivity contribution in [3.63, 3.8) is 0 Å². The number of benzene rings is 1. The predicted molar refractivity (Wildman–Crippen MR) is 86.8 cm³/mol. The molecule has 1 aliphatic rings. The second kappa shape index (κ2) is 6.72. The second-order valence-corrected chi connectivity index (χ2v) is 7.45. The Morgan fingerprint density at radius 3 is 3.00 bits per heavy atom. The number of ether oxygens (including phenoxy) is 1. The number of para-hydroxylation sites is 1. The number of aryl methyl sites for hydroxylation is 1. The summed E-state index contributed by atoms with van der Waals surface area (Å²) in [6.07, 6.45) is 3.16. The molecule has 1 aromatic heterocycles. The number of fused-ring (bicyclic) bond motifs is 1. The molecule has 0 fully saturated rings. The highest BCUT2D eigenvalue weighted by atomic mass is 32.2. The molecule has 23 heavy (non-hydrogen) atoms. The molecule has 1 aromatic carbocycles. The van der Waals surface area contributed by atoms with Crippen molar-refractivity contribution in [3.05, 3.63) is 42.1 Å². The summed E-state index contributed by atoms with van der Waals surface area (Å²) in [5.41, 5.74) is 1.12. The van der Waals surface area contributed by atoms with Crippen molar-refractivity contribution in [2.75, 3.05) is 13.2 Å². The summed E-state index contributed by atoms with van der Waals surface area (Å²) in [6, 6.07) is 9.41. The first-order chi connectivity index (χ1) is 11.1. The predicted octanol–water partition coefficient (Wildman–Crippen LogP) is 1.82. The van der Waals surface area contributed by atoms with Gasteiger partial charge in [-0.3, -0.25) is 4.68 Å². The smallest absolute Gasteiger partial charge is 0.257 e. The Morgan fingerprint density at radius 1 is 1.35 bits per heavy atom. The van der Waals surface area contributed by atoms with Crippen LogP contribution in [0.1, 0.15) is 18.9 Å². The van der Waals surface area contributed by atoms with Gasteiger partial charge in [0.25, 0.3) is 10.0 Å². The van der Waals surface area contributed by atoms with Crippen LogP contribution in [0.3, 0.4) is 0 Å². The van der Waals surface area contributed by atoms with Crippen LogP contribution in [0, 0.1) is 5.92 Å². The standard InChI is InChI=1S/C16H21N3O3S/c1-2-9-19-16(7-8-17-19)23(20,21)18-11-13-10-14-5-3-4-6-15(14)22-12-13/h3-8,13,18H,2,9-12H2,1H3. The minimum atomic E-state index is -3.55. The maximum Gasteiger partial charge on any atom is 0.257 e. The van der Waals surface area contributed by atoms with E-state index in [2.05, 4.69) is 9.82 Å². The number of nitrogens with zero attached hydrogens (tertiary/aromatic N) is 2. The molecular formula is C16H21N3O3S. The number of aromatic nitrogens is 2. The molecule has 0 bridgehead atoms. The van der Waals surface area contributed by atoms with Crippen LogP contribution in [0.15, 0.2) is 41.6 Å². The minimum Gasteiger partial charge on any atom is -0.493 e. The summed E-state index contributed by atoms with van der Waals surface area (Å²) < 4.78 is 34.8. The van der Waals surface area contributed by atoms with Crippen molar-refractivity contribution < 1.29 is 13.2 Å². The van der Waals surface area contributed by atoms with Crippen LogP contribution in [0.4, 0.5) is 0 Å². The van der Waals surface area contributed by atoms with Gasteiger partial charge >= 0.3 is 0 Å². The number of sulfonamides is 1. The van der Waals surface area contributed by atoms with E-state index < -0.39 is 10.0 Å².